The van der Waals surface area contributed by atoms with Crippen LogP contribution in [0, 0.1) is 0 Å². The minimum Gasteiger partial charge on any atom is -0.496 e. The molecule has 1 unspecified atom stereocenters. The molecule has 0 amide bonds. The molecular weight excluding hydrogens is 384 g/mol. The zero-order valence-corrected chi connectivity index (χ0v) is 16.3. The summed E-state index contributed by atoms with van der Waals surface area (Å²) in [5.74, 6) is 1.84. The summed E-state index contributed by atoms with van der Waals surface area (Å²) in [7, 11) is 1.73. The molecule has 24 heavy (non-hydrogen) atoms. The molecule has 1 fully saturated rings. The van der Waals surface area contributed by atoms with Crippen molar-refractivity contribution in [2.24, 2.45) is 0 Å². The lowest BCUT2D eigenvalue weighted by atomic mass is 10.0. The minimum absolute atomic E-state index is 0.515. The number of rotatable bonds is 6. The summed E-state index contributed by atoms with van der Waals surface area (Å²) in [6.07, 6.45) is 1.06. The predicted molar refractivity (Wildman–Crippen MR) is 105 cm³/mol. The van der Waals surface area contributed by atoms with Gasteiger partial charge in [0.1, 0.15) is 5.75 Å². The van der Waals surface area contributed by atoms with Crippen LogP contribution in [-0.4, -0.2) is 32.8 Å². The van der Waals surface area contributed by atoms with E-state index in [1.54, 1.807) is 7.11 Å². The van der Waals surface area contributed by atoms with E-state index in [0.717, 1.165) is 42.0 Å². The van der Waals surface area contributed by atoms with Crippen LogP contribution >= 0.6 is 27.7 Å². The molecule has 0 bridgehead atoms. The fourth-order valence-corrected chi connectivity index (χ4v) is 4.41. The molecule has 0 aliphatic carbocycles. The van der Waals surface area contributed by atoms with Gasteiger partial charge in [0.2, 0.25) is 0 Å². The summed E-state index contributed by atoms with van der Waals surface area (Å²) < 4.78 is 6.58. The Morgan fingerprint density at radius 2 is 2.04 bits per heavy atom. The van der Waals surface area contributed by atoms with Crippen molar-refractivity contribution in [1.29, 1.82) is 0 Å². The van der Waals surface area contributed by atoms with E-state index in [1.807, 2.05) is 23.9 Å². The van der Waals surface area contributed by atoms with E-state index in [2.05, 4.69) is 56.9 Å². The first-order chi connectivity index (χ1) is 11.8. The van der Waals surface area contributed by atoms with Crippen LogP contribution in [-0.2, 0) is 12.2 Å². The average molecular weight is 407 g/mol. The van der Waals surface area contributed by atoms with Gasteiger partial charge in [0.05, 0.1) is 7.11 Å². The van der Waals surface area contributed by atoms with E-state index in [0.29, 0.717) is 6.04 Å². The molecule has 1 aliphatic heterocycles. The van der Waals surface area contributed by atoms with Gasteiger partial charge >= 0.3 is 0 Å². The maximum atomic E-state index is 5.49. The van der Waals surface area contributed by atoms with Crippen LogP contribution in [0.15, 0.2) is 51.8 Å². The third-order valence-corrected chi connectivity index (χ3v) is 5.85. The van der Waals surface area contributed by atoms with E-state index in [9.17, 15) is 0 Å². The fraction of sp³-hybridized carbons (Fsp3) is 0.368. The molecule has 1 aliphatic rings. The summed E-state index contributed by atoms with van der Waals surface area (Å²) in [5.41, 5.74) is 2.63. The lowest BCUT2D eigenvalue weighted by Gasteiger charge is -2.25. The second-order valence-corrected chi connectivity index (χ2v) is 7.84. The van der Waals surface area contributed by atoms with Gasteiger partial charge in [-0.2, -0.15) is 0 Å². The molecule has 2 aromatic carbocycles. The van der Waals surface area contributed by atoms with Gasteiger partial charge in [-0.1, -0.05) is 34.1 Å². The number of nitrogens with one attached hydrogen (secondary N) is 2. The van der Waals surface area contributed by atoms with Crippen molar-refractivity contribution in [2.75, 3.05) is 26.7 Å². The number of benzene rings is 2. The molecule has 0 radical (unpaired) electrons. The summed E-state index contributed by atoms with van der Waals surface area (Å²) in [4.78, 5) is 1.35. The summed E-state index contributed by atoms with van der Waals surface area (Å²) >= 11 is 5.43. The zero-order chi connectivity index (χ0) is 16.8. The van der Waals surface area contributed by atoms with Crippen LogP contribution in [0.3, 0.4) is 0 Å². The quantitative estimate of drug-likeness (QED) is 0.713. The molecule has 1 heterocycles. The molecular formula is C19H23BrN2OS. The highest BCUT2D eigenvalue weighted by molar-refractivity contribution is 9.10. The average Bonchev–Trinajstić information content (AvgIpc) is 2.62. The van der Waals surface area contributed by atoms with Crippen molar-refractivity contribution in [1.82, 2.24) is 10.6 Å². The van der Waals surface area contributed by atoms with E-state index < -0.39 is 0 Å². The van der Waals surface area contributed by atoms with Gasteiger partial charge in [-0.15, -0.1) is 11.8 Å². The zero-order valence-electron chi connectivity index (χ0n) is 13.8. The van der Waals surface area contributed by atoms with Crippen LogP contribution < -0.4 is 15.4 Å². The molecule has 2 aromatic rings. The van der Waals surface area contributed by atoms with Crippen molar-refractivity contribution in [3.8, 4) is 5.75 Å². The maximum Gasteiger partial charge on any atom is 0.122 e. The van der Waals surface area contributed by atoms with Crippen molar-refractivity contribution >= 4 is 27.7 Å². The molecule has 0 aromatic heterocycles. The summed E-state index contributed by atoms with van der Waals surface area (Å²) in [6.45, 7) is 3.16. The summed E-state index contributed by atoms with van der Waals surface area (Å²) in [5, 5.41) is 7.06. The number of halogens is 1. The number of methoxy groups -OCH3 is 1. The topological polar surface area (TPSA) is 33.3 Å². The number of hydrogen-bond acceptors (Lipinski definition) is 4. The SMILES string of the molecule is COc1ccc(Br)cc1CSc1ccccc1CC1CNCCN1. The number of ether oxygens (including phenoxy) is 1. The Labute approximate surface area is 156 Å². The Hall–Kier alpha value is -1.01. The number of thioether (sulfide) groups is 1. The largest absolute Gasteiger partial charge is 0.496 e. The van der Waals surface area contributed by atoms with Crippen molar-refractivity contribution in [2.45, 2.75) is 23.1 Å². The highest BCUT2D eigenvalue weighted by atomic mass is 79.9. The second-order valence-electron chi connectivity index (χ2n) is 5.91. The van der Waals surface area contributed by atoms with E-state index in [4.69, 9.17) is 4.74 Å². The normalized spacial score (nSPS) is 17.7. The Morgan fingerprint density at radius 1 is 1.17 bits per heavy atom. The molecule has 1 atom stereocenters. The third-order valence-electron chi connectivity index (χ3n) is 4.19. The van der Waals surface area contributed by atoms with Gasteiger partial charge in [-0.25, -0.2) is 0 Å². The third kappa shape index (κ3) is 4.76. The Kier molecular flexibility index (Phi) is 6.60. The second kappa shape index (κ2) is 8.90. The molecule has 5 heteroatoms. The van der Waals surface area contributed by atoms with Crippen LogP contribution in [0.5, 0.6) is 5.75 Å². The Balaban J connectivity index is 1.70. The molecule has 128 valence electrons. The highest BCUT2D eigenvalue weighted by Crippen LogP contribution is 2.32. The van der Waals surface area contributed by atoms with Crippen LogP contribution in [0.25, 0.3) is 0 Å². The first-order valence-electron chi connectivity index (χ1n) is 8.23. The lowest BCUT2D eigenvalue weighted by Crippen LogP contribution is -2.49. The van der Waals surface area contributed by atoms with Crippen molar-refractivity contribution < 1.29 is 4.74 Å². The van der Waals surface area contributed by atoms with Gasteiger partial charge in [-0.05, 0) is 36.2 Å². The lowest BCUT2D eigenvalue weighted by molar-refractivity contribution is 0.411. The summed E-state index contributed by atoms with van der Waals surface area (Å²) in [6, 6.07) is 15.4. The first-order valence-corrected chi connectivity index (χ1v) is 10.0. The van der Waals surface area contributed by atoms with Gasteiger partial charge in [-0.3, -0.25) is 0 Å². The maximum absolute atomic E-state index is 5.49. The standard InChI is InChI=1S/C19H23BrN2OS/c1-23-18-7-6-16(20)10-15(18)13-24-19-5-3-2-4-14(19)11-17-12-21-8-9-22-17/h2-7,10,17,21-22H,8-9,11-13H2,1H3. The number of hydrogen-bond donors (Lipinski definition) is 2. The van der Waals surface area contributed by atoms with E-state index in [1.165, 1.54) is 16.0 Å². The van der Waals surface area contributed by atoms with Gasteiger partial charge in [0, 0.05) is 46.4 Å². The predicted octanol–water partition coefficient (Wildman–Crippen LogP) is 3.85. The molecule has 0 saturated carbocycles. The van der Waals surface area contributed by atoms with Gasteiger partial charge in [0.25, 0.3) is 0 Å². The van der Waals surface area contributed by atoms with Crippen molar-refractivity contribution in [3.05, 3.63) is 58.1 Å². The van der Waals surface area contributed by atoms with Crippen LogP contribution in [0.4, 0.5) is 0 Å². The molecule has 3 nitrogen and oxygen atoms in total. The molecule has 0 spiro atoms. The van der Waals surface area contributed by atoms with E-state index >= 15 is 0 Å². The fourth-order valence-electron chi connectivity index (χ4n) is 2.95. The van der Waals surface area contributed by atoms with Gasteiger partial charge in [0.15, 0.2) is 0 Å². The smallest absolute Gasteiger partial charge is 0.122 e. The molecule has 1 saturated heterocycles. The van der Waals surface area contributed by atoms with E-state index in [-0.39, 0.29) is 0 Å². The Bertz CT molecular complexity index is 674. The molecule has 3 rings (SSSR count). The Morgan fingerprint density at radius 3 is 2.83 bits per heavy atom. The van der Waals surface area contributed by atoms with Crippen molar-refractivity contribution in [3.63, 3.8) is 0 Å². The van der Waals surface area contributed by atoms with Crippen LogP contribution in [0.1, 0.15) is 11.1 Å². The highest BCUT2D eigenvalue weighted by Gasteiger charge is 2.15. The molecule has 2 N–H and O–H groups in total. The van der Waals surface area contributed by atoms with Crippen LogP contribution in [0.2, 0.25) is 0 Å². The van der Waals surface area contributed by atoms with Gasteiger partial charge < -0.3 is 15.4 Å². The monoisotopic (exact) mass is 406 g/mol. The number of piperazine rings is 1. The minimum atomic E-state index is 0.515. The first kappa shape index (κ1) is 17.8.